The number of carbonyl (C=O) groups is 2. The van der Waals surface area contributed by atoms with E-state index in [0.29, 0.717) is 18.0 Å². The Kier molecular flexibility index (Phi) is 4.17. The molecule has 0 radical (unpaired) electrons. The van der Waals surface area contributed by atoms with Crippen LogP contribution in [0, 0.1) is 5.41 Å². The zero-order valence-corrected chi connectivity index (χ0v) is 18.7. The van der Waals surface area contributed by atoms with Gasteiger partial charge in [-0.25, -0.2) is 9.50 Å². The van der Waals surface area contributed by atoms with Crippen molar-refractivity contribution in [3.63, 3.8) is 0 Å². The van der Waals surface area contributed by atoms with Gasteiger partial charge in [0.15, 0.2) is 11.5 Å². The Morgan fingerprint density at radius 3 is 2.73 bits per heavy atom. The normalized spacial score (nSPS) is 20.7. The van der Waals surface area contributed by atoms with Crippen LogP contribution >= 0.6 is 0 Å². The summed E-state index contributed by atoms with van der Waals surface area (Å²) in [6, 6.07) is 5.81. The van der Waals surface area contributed by atoms with Gasteiger partial charge in [-0.15, -0.1) is 5.10 Å². The number of benzene rings is 1. The molecule has 6 rings (SSSR count). The topological polar surface area (TPSA) is 117 Å². The molecule has 1 spiro atoms. The number of amides is 2. The molecule has 2 saturated heterocycles. The minimum atomic E-state index is -0.537. The lowest BCUT2D eigenvalue weighted by Gasteiger charge is -2.38. The smallest absolute Gasteiger partial charge is 0.247 e. The number of anilines is 4. The Balaban J connectivity index is 1.24. The van der Waals surface area contributed by atoms with Gasteiger partial charge in [-0.05, 0) is 49.8 Å². The van der Waals surface area contributed by atoms with E-state index in [0.717, 1.165) is 55.2 Å². The number of aromatic nitrogens is 4. The van der Waals surface area contributed by atoms with Crippen molar-refractivity contribution in [2.75, 3.05) is 35.2 Å². The molecule has 3 aliphatic rings. The molecule has 2 amide bonds. The predicted molar refractivity (Wildman–Crippen MR) is 124 cm³/mol. The largest absolute Gasteiger partial charge is 0.356 e. The Bertz CT molecular complexity index is 1290. The molecular weight excluding hydrogens is 420 g/mol. The van der Waals surface area contributed by atoms with Crippen LogP contribution < -0.4 is 20.9 Å². The van der Waals surface area contributed by atoms with Crippen LogP contribution in [0.1, 0.15) is 38.7 Å². The second-order valence-corrected chi connectivity index (χ2v) is 9.86. The van der Waals surface area contributed by atoms with Gasteiger partial charge in [0.1, 0.15) is 0 Å². The Hall–Kier alpha value is -3.69. The Morgan fingerprint density at radius 1 is 1.15 bits per heavy atom. The number of piperidine rings is 1. The summed E-state index contributed by atoms with van der Waals surface area (Å²) in [6.45, 7) is 6.27. The first-order valence-corrected chi connectivity index (χ1v) is 11.3. The fourth-order valence-corrected chi connectivity index (χ4v) is 5.18. The highest BCUT2D eigenvalue weighted by Gasteiger charge is 2.41. The van der Waals surface area contributed by atoms with Gasteiger partial charge in [0.05, 0.1) is 5.41 Å². The summed E-state index contributed by atoms with van der Waals surface area (Å²) in [4.78, 5) is 35.5. The summed E-state index contributed by atoms with van der Waals surface area (Å²) >= 11 is 0. The van der Waals surface area contributed by atoms with Gasteiger partial charge in [-0.2, -0.15) is 4.98 Å². The fourth-order valence-electron chi connectivity index (χ4n) is 5.18. The predicted octanol–water partition coefficient (Wildman–Crippen LogP) is 2.20. The lowest BCUT2D eigenvalue weighted by molar-refractivity contribution is -0.120. The van der Waals surface area contributed by atoms with E-state index in [1.807, 2.05) is 32.0 Å². The number of fused-ring (bicyclic) bond motifs is 2. The van der Waals surface area contributed by atoms with E-state index in [-0.39, 0.29) is 17.2 Å². The maximum atomic E-state index is 12.2. The molecule has 10 nitrogen and oxygen atoms in total. The molecule has 5 heterocycles. The minimum absolute atomic E-state index is 0.00251. The standard InChI is InChI=1S/C23H26N8O2/c1-22(2)15-4-3-14(11-16(15)27-20(22)33)26-21-28-19-18(24-7-10-31(19)29-21)30-8-5-23(6-9-30)12-17(32)25-13-23/h3-4,7,10-11H,5-6,8-9,12-13H2,1-2H3,(H,25,32)(H,26,29)(H,27,33). The van der Waals surface area contributed by atoms with Crippen LogP contribution in [-0.2, 0) is 15.0 Å². The van der Waals surface area contributed by atoms with Crippen molar-refractivity contribution >= 4 is 40.6 Å². The van der Waals surface area contributed by atoms with Gasteiger partial charge in [-0.1, -0.05) is 6.07 Å². The summed E-state index contributed by atoms with van der Waals surface area (Å²) in [7, 11) is 0. The minimum Gasteiger partial charge on any atom is -0.356 e. The molecular formula is C23H26N8O2. The number of nitrogens with one attached hydrogen (secondary N) is 3. The van der Waals surface area contributed by atoms with Gasteiger partial charge in [0.25, 0.3) is 0 Å². The maximum absolute atomic E-state index is 12.2. The SMILES string of the molecule is CC1(C)C(=O)Nc2cc(Nc3nc4c(N5CCC6(CC5)CNC(=O)C6)nccn4n3)ccc21. The molecule has 0 atom stereocenters. The third-order valence-corrected chi connectivity index (χ3v) is 7.32. The molecule has 0 unspecified atom stereocenters. The van der Waals surface area contributed by atoms with Crippen LogP contribution in [0.2, 0.25) is 0 Å². The second-order valence-electron chi connectivity index (χ2n) is 9.86. The first-order valence-electron chi connectivity index (χ1n) is 11.3. The fraction of sp³-hybridized carbons (Fsp3) is 0.435. The third-order valence-electron chi connectivity index (χ3n) is 7.32. The molecule has 3 N–H and O–H groups in total. The van der Waals surface area contributed by atoms with Crippen LogP contribution in [0.3, 0.4) is 0 Å². The number of hydrogen-bond donors (Lipinski definition) is 3. The van der Waals surface area contributed by atoms with Crippen LogP contribution in [0.15, 0.2) is 30.6 Å². The Labute approximate surface area is 190 Å². The maximum Gasteiger partial charge on any atom is 0.247 e. The van der Waals surface area contributed by atoms with E-state index in [1.165, 1.54) is 0 Å². The number of rotatable bonds is 3. The van der Waals surface area contributed by atoms with Crippen LogP contribution in [0.4, 0.5) is 23.1 Å². The van der Waals surface area contributed by atoms with Crippen LogP contribution in [-0.4, -0.2) is 51.0 Å². The zero-order valence-electron chi connectivity index (χ0n) is 18.7. The van der Waals surface area contributed by atoms with E-state index in [2.05, 4.69) is 30.9 Å². The van der Waals surface area contributed by atoms with Crippen molar-refractivity contribution in [3.05, 3.63) is 36.2 Å². The van der Waals surface area contributed by atoms with Crippen molar-refractivity contribution in [3.8, 4) is 0 Å². The molecule has 10 heteroatoms. The number of nitrogens with zero attached hydrogens (tertiary/aromatic N) is 5. The van der Waals surface area contributed by atoms with E-state index in [1.54, 1.807) is 16.9 Å². The highest BCUT2D eigenvalue weighted by atomic mass is 16.2. The second kappa shape index (κ2) is 6.90. The van der Waals surface area contributed by atoms with Crippen molar-refractivity contribution in [1.82, 2.24) is 24.9 Å². The summed E-state index contributed by atoms with van der Waals surface area (Å²) in [6.07, 6.45) is 6.04. The quantitative estimate of drug-likeness (QED) is 0.565. The first kappa shape index (κ1) is 20.0. The average molecular weight is 447 g/mol. The molecule has 0 aliphatic carbocycles. The highest BCUT2D eigenvalue weighted by Crippen LogP contribution is 2.40. The molecule has 2 fully saturated rings. The molecule has 33 heavy (non-hydrogen) atoms. The summed E-state index contributed by atoms with van der Waals surface area (Å²) < 4.78 is 1.73. The van der Waals surface area contributed by atoms with Crippen LogP contribution in [0.5, 0.6) is 0 Å². The van der Waals surface area contributed by atoms with E-state index >= 15 is 0 Å². The van der Waals surface area contributed by atoms with Gasteiger partial charge in [0.2, 0.25) is 17.8 Å². The van der Waals surface area contributed by atoms with Crippen molar-refractivity contribution < 1.29 is 9.59 Å². The summed E-state index contributed by atoms with van der Waals surface area (Å²) in [5.74, 6) is 1.42. The molecule has 2 aromatic heterocycles. The summed E-state index contributed by atoms with van der Waals surface area (Å²) in [5.41, 5.74) is 2.82. The van der Waals surface area contributed by atoms with E-state index < -0.39 is 5.41 Å². The molecule has 170 valence electrons. The van der Waals surface area contributed by atoms with Crippen molar-refractivity contribution in [2.24, 2.45) is 5.41 Å². The van der Waals surface area contributed by atoms with Gasteiger partial charge < -0.3 is 20.9 Å². The van der Waals surface area contributed by atoms with E-state index in [4.69, 9.17) is 4.98 Å². The van der Waals surface area contributed by atoms with E-state index in [9.17, 15) is 9.59 Å². The third kappa shape index (κ3) is 3.20. The molecule has 0 saturated carbocycles. The number of hydrogen-bond acceptors (Lipinski definition) is 7. The van der Waals surface area contributed by atoms with Gasteiger partial charge in [-0.3, -0.25) is 9.59 Å². The van der Waals surface area contributed by atoms with Crippen molar-refractivity contribution in [2.45, 2.75) is 38.5 Å². The molecule has 3 aliphatic heterocycles. The average Bonchev–Trinajstić information content (AvgIpc) is 3.42. The lowest BCUT2D eigenvalue weighted by atomic mass is 9.78. The lowest BCUT2D eigenvalue weighted by Crippen LogP contribution is -2.41. The monoisotopic (exact) mass is 446 g/mol. The van der Waals surface area contributed by atoms with Gasteiger partial charge in [0, 0.05) is 49.8 Å². The molecule has 0 bridgehead atoms. The molecule has 3 aromatic rings. The number of carbonyl (C=O) groups excluding carboxylic acids is 2. The zero-order chi connectivity index (χ0) is 22.8. The first-order chi connectivity index (χ1) is 15.8. The van der Waals surface area contributed by atoms with Crippen molar-refractivity contribution in [1.29, 1.82) is 0 Å². The Morgan fingerprint density at radius 2 is 1.97 bits per heavy atom. The molecule has 1 aromatic carbocycles. The highest BCUT2D eigenvalue weighted by molar-refractivity contribution is 6.06. The van der Waals surface area contributed by atoms with Crippen LogP contribution in [0.25, 0.3) is 5.65 Å². The van der Waals surface area contributed by atoms with Gasteiger partial charge >= 0.3 is 0 Å². The summed E-state index contributed by atoms with van der Waals surface area (Å²) in [5, 5.41) is 13.8.